The molecule has 0 spiro atoms. The molecule has 0 unspecified atom stereocenters. The van der Waals surface area contributed by atoms with Crippen molar-refractivity contribution in [1.82, 2.24) is 9.13 Å². The minimum absolute atomic E-state index is 0.248. The highest BCUT2D eigenvalue weighted by Crippen LogP contribution is 2.52. The molecule has 1 aliphatic rings. The van der Waals surface area contributed by atoms with Crippen LogP contribution < -0.4 is 4.90 Å². The van der Waals surface area contributed by atoms with Gasteiger partial charge in [-0.3, -0.25) is 0 Å². The summed E-state index contributed by atoms with van der Waals surface area (Å²) in [4.78, 5) is 2.35. The fraction of sp³-hybridized carbons (Fsp3) is 0.0508. The van der Waals surface area contributed by atoms with Gasteiger partial charge in [-0.2, -0.15) is 0 Å². The minimum atomic E-state index is -0.248. The SMILES string of the molecule is CC1(C)c2cccc3c4cc(-c5ccc(N(c6ccc(-c7ccccc7)cc6)c6ccc(-c7ccccc7)cc6)cc5)ccc4n(c23)-c2c1n(-c1ccccc1)c1ccccc21. The lowest BCUT2D eigenvalue weighted by Crippen LogP contribution is -2.28. The van der Waals surface area contributed by atoms with E-state index in [9.17, 15) is 0 Å². The third-order valence-electron chi connectivity index (χ3n) is 13.1. The zero-order chi connectivity index (χ0) is 41.4. The summed E-state index contributed by atoms with van der Waals surface area (Å²) < 4.78 is 5.05. The van der Waals surface area contributed by atoms with Crippen molar-refractivity contribution in [2.75, 3.05) is 4.90 Å². The van der Waals surface area contributed by atoms with Crippen molar-refractivity contribution < 1.29 is 0 Å². The molecule has 0 fully saturated rings. The summed E-state index contributed by atoms with van der Waals surface area (Å²) in [5.41, 5.74) is 19.2. The summed E-state index contributed by atoms with van der Waals surface area (Å²) in [5, 5.41) is 3.82. The zero-order valence-corrected chi connectivity index (χ0v) is 34.7. The Morgan fingerprint density at radius 2 is 0.806 bits per heavy atom. The summed E-state index contributed by atoms with van der Waals surface area (Å²) in [6, 6.07) is 81.8. The van der Waals surface area contributed by atoms with E-state index in [2.05, 4.69) is 252 Å². The zero-order valence-electron chi connectivity index (χ0n) is 34.7. The topological polar surface area (TPSA) is 13.1 Å². The van der Waals surface area contributed by atoms with E-state index in [0.717, 1.165) is 17.1 Å². The Labute approximate surface area is 362 Å². The van der Waals surface area contributed by atoms with Gasteiger partial charge < -0.3 is 14.0 Å². The molecule has 0 amide bonds. The molecule has 0 aliphatic carbocycles. The second-order valence-corrected chi connectivity index (χ2v) is 17.0. The monoisotopic (exact) mass is 793 g/mol. The van der Waals surface area contributed by atoms with E-state index in [1.807, 2.05) is 0 Å². The van der Waals surface area contributed by atoms with Gasteiger partial charge in [-0.1, -0.05) is 172 Å². The van der Waals surface area contributed by atoms with Crippen LogP contribution in [0.5, 0.6) is 0 Å². The van der Waals surface area contributed by atoms with Crippen LogP contribution in [0.15, 0.2) is 224 Å². The van der Waals surface area contributed by atoms with Crippen LogP contribution in [0.3, 0.4) is 0 Å². The Bertz CT molecular complexity index is 3350. The second kappa shape index (κ2) is 14.1. The first-order chi connectivity index (χ1) is 30.5. The molecule has 3 heterocycles. The van der Waals surface area contributed by atoms with Crippen molar-refractivity contribution in [3.8, 4) is 44.8 Å². The molecule has 0 saturated carbocycles. The Hall–Kier alpha value is -7.88. The average Bonchev–Trinajstić information content (AvgIpc) is 3.86. The van der Waals surface area contributed by atoms with Crippen LogP contribution in [-0.4, -0.2) is 9.13 Å². The van der Waals surface area contributed by atoms with Gasteiger partial charge >= 0.3 is 0 Å². The van der Waals surface area contributed by atoms with Crippen LogP contribution in [0.2, 0.25) is 0 Å². The lowest BCUT2D eigenvalue weighted by atomic mass is 9.77. The second-order valence-electron chi connectivity index (χ2n) is 17.0. The molecule has 0 N–H and O–H groups in total. The number of nitrogens with zero attached hydrogens (tertiary/aromatic N) is 3. The van der Waals surface area contributed by atoms with Gasteiger partial charge in [0.1, 0.15) is 0 Å². The molecule has 0 atom stereocenters. The quantitative estimate of drug-likeness (QED) is 0.157. The summed E-state index contributed by atoms with van der Waals surface area (Å²) in [6.07, 6.45) is 0. The van der Waals surface area contributed by atoms with Crippen molar-refractivity contribution >= 4 is 49.8 Å². The molecule has 3 nitrogen and oxygen atoms in total. The molecule has 3 heteroatoms. The Balaban J connectivity index is 0.971. The predicted octanol–water partition coefficient (Wildman–Crippen LogP) is 15.8. The Kier molecular flexibility index (Phi) is 8.20. The van der Waals surface area contributed by atoms with Crippen molar-refractivity contribution in [2.24, 2.45) is 0 Å². The number of benzene rings is 9. The third kappa shape index (κ3) is 5.59. The van der Waals surface area contributed by atoms with Crippen LogP contribution in [0, 0.1) is 0 Å². The molecule has 62 heavy (non-hydrogen) atoms. The van der Waals surface area contributed by atoms with Crippen LogP contribution in [0.25, 0.3) is 77.5 Å². The standard InChI is InChI=1S/C59H43N3/c1-59(2)53-23-14-22-50-52-39-45(31-38-55(52)62(56(50)53)57-51-21-12-13-24-54(51)61(58(57)59)46-19-10-5-11-20-46)44-29-36-49(37-30-44)60(47-32-25-42(26-33-47)40-15-6-3-7-16-40)48-34-27-43(28-35-48)41-17-8-4-9-18-41/h3-39H,1-2H3. The number of hydrogen-bond donors (Lipinski definition) is 0. The summed E-state index contributed by atoms with van der Waals surface area (Å²) >= 11 is 0. The molecule has 0 bridgehead atoms. The fourth-order valence-electron chi connectivity index (χ4n) is 10.1. The van der Waals surface area contributed by atoms with Crippen molar-refractivity contribution in [2.45, 2.75) is 19.3 Å². The average molecular weight is 794 g/mol. The lowest BCUT2D eigenvalue weighted by molar-refractivity contribution is 0.596. The van der Waals surface area contributed by atoms with Gasteiger partial charge in [-0.15, -0.1) is 0 Å². The van der Waals surface area contributed by atoms with E-state index in [1.54, 1.807) is 0 Å². The van der Waals surface area contributed by atoms with Crippen LogP contribution in [-0.2, 0) is 5.41 Å². The largest absolute Gasteiger partial charge is 0.311 e. The lowest BCUT2D eigenvalue weighted by Gasteiger charge is -2.34. The maximum absolute atomic E-state index is 2.55. The predicted molar refractivity (Wildman–Crippen MR) is 261 cm³/mol. The summed E-state index contributed by atoms with van der Waals surface area (Å²) in [7, 11) is 0. The molecule has 294 valence electrons. The highest BCUT2D eigenvalue weighted by molar-refractivity contribution is 6.14. The molecule has 0 saturated heterocycles. The van der Waals surface area contributed by atoms with Gasteiger partial charge in [-0.25, -0.2) is 0 Å². The van der Waals surface area contributed by atoms with E-state index >= 15 is 0 Å². The third-order valence-corrected chi connectivity index (χ3v) is 13.1. The molecule has 1 aliphatic heterocycles. The van der Waals surface area contributed by atoms with Crippen molar-refractivity contribution in [3.63, 3.8) is 0 Å². The van der Waals surface area contributed by atoms with Crippen molar-refractivity contribution in [3.05, 3.63) is 236 Å². The smallest absolute Gasteiger partial charge is 0.0763 e. The van der Waals surface area contributed by atoms with Crippen molar-refractivity contribution in [1.29, 1.82) is 0 Å². The number of para-hydroxylation sites is 3. The highest BCUT2D eigenvalue weighted by atomic mass is 15.1. The van der Waals surface area contributed by atoms with E-state index in [1.165, 1.54) is 88.7 Å². The normalized spacial score (nSPS) is 12.8. The van der Waals surface area contributed by atoms with Gasteiger partial charge in [0.15, 0.2) is 0 Å². The van der Waals surface area contributed by atoms with Gasteiger partial charge in [0.05, 0.1) is 27.9 Å². The van der Waals surface area contributed by atoms with E-state index in [4.69, 9.17) is 0 Å². The number of aromatic nitrogens is 2. The number of hydrogen-bond acceptors (Lipinski definition) is 1. The first-order valence-corrected chi connectivity index (χ1v) is 21.5. The van der Waals surface area contributed by atoms with Gasteiger partial charge in [-0.05, 0) is 106 Å². The highest BCUT2D eigenvalue weighted by Gasteiger charge is 2.40. The first-order valence-electron chi connectivity index (χ1n) is 21.5. The van der Waals surface area contributed by atoms with E-state index in [-0.39, 0.29) is 5.41 Å². The molecule has 9 aromatic carbocycles. The summed E-state index contributed by atoms with van der Waals surface area (Å²) in [6.45, 7) is 4.79. The molecule has 0 radical (unpaired) electrons. The van der Waals surface area contributed by atoms with Crippen LogP contribution in [0.1, 0.15) is 25.1 Å². The Morgan fingerprint density at radius 3 is 1.39 bits per heavy atom. The minimum Gasteiger partial charge on any atom is -0.311 e. The van der Waals surface area contributed by atoms with Gasteiger partial charge in [0.25, 0.3) is 0 Å². The number of rotatable bonds is 7. The van der Waals surface area contributed by atoms with Gasteiger partial charge in [0, 0.05) is 44.3 Å². The molecule has 12 rings (SSSR count). The number of fused-ring (bicyclic) bond motifs is 7. The fourth-order valence-corrected chi connectivity index (χ4v) is 10.1. The summed E-state index contributed by atoms with van der Waals surface area (Å²) in [5.74, 6) is 0. The van der Waals surface area contributed by atoms with E-state index in [0.29, 0.717) is 0 Å². The van der Waals surface area contributed by atoms with Crippen LogP contribution in [0.4, 0.5) is 17.1 Å². The molecular formula is C59H43N3. The Morgan fingerprint density at radius 1 is 0.355 bits per heavy atom. The van der Waals surface area contributed by atoms with E-state index < -0.39 is 0 Å². The molecular weight excluding hydrogens is 751 g/mol. The maximum Gasteiger partial charge on any atom is 0.0763 e. The van der Waals surface area contributed by atoms with Gasteiger partial charge in [0.2, 0.25) is 0 Å². The number of anilines is 3. The molecule has 11 aromatic rings. The maximum atomic E-state index is 2.55. The molecule has 2 aromatic heterocycles. The first kappa shape index (κ1) is 36.0. The van der Waals surface area contributed by atoms with Crippen LogP contribution >= 0.6 is 0 Å².